The van der Waals surface area contributed by atoms with Gasteiger partial charge in [0.05, 0.1) is 22.8 Å². The number of aliphatic carboxylic acids is 1. The summed E-state index contributed by atoms with van der Waals surface area (Å²) in [6, 6.07) is 27.1. The Hall–Kier alpha value is -3.86. The van der Waals surface area contributed by atoms with Gasteiger partial charge in [-0.05, 0) is 47.5 Å². The van der Waals surface area contributed by atoms with Crippen LogP contribution in [0.2, 0.25) is 5.02 Å². The van der Waals surface area contributed by atoms with Gasteiger partial charge in [0.2, 0.25) is 0 Å². The van der Waals surface area contributed by atoms with E-state index in [-0.39, 0.29) is 12.2 Å². The highest BCUT2D eigenvalue weighted by Gasteiger charge is 2.07. The van der Waals surface area contributed by atoms with E-state index in [1.54, 1.807) is 24.3 Å². The lowest BCUT2D eigenvalue weighted by atomic mass is 10.1. The van der Waals surface area contributed by atoms with Gasteiger partial charge in [-0.1, -0.05) is 60.1 Å². The molecule has 0 aliphatic heterocycles. The molecule has 5 N–H and O–H groups in total. The molecule has 0 fully saturated rings. The molecule has 228 valence electrons. The third-order valence-corrected chi connectivity index (χ3v) is 6.72. The minimum absolute atomic E-state index is 0.133. The summed E-state index contributed by atoms with van der Waals surface area (Å²) in [7, 11) is 0. The predicted molar refractivity (Wildman–Crippen MR) is 171 cm³/mol. The van der Waals surface area contributed by atoms with E-state index in [0.29, 0.717) is 18.1 Å². The first-order valence-corrected chi connectivity index (χ1v) is 14.7. The van der Waals surface area contributed by atoms with Crippen LogP contribution in [0.15, 0.2) is 97.3 Å². The molecule has 43 heavy (non-hydrogen) atoms. The number of nitrogens with zero attached hydrogens (tertiary/aromatic N) is 3. The van der Waals surface area contributed by atoms with Gasteiger partial charge in [0.15, 0.2) is 0 Å². The van der Waals surface area contributed by atoms with Gasteiger partial charge in [0.1, 0.15) is 5.75 Å². The molecule has 0 aliphatic rings. The highest BCUT2D eigenvalue weighted by Crippen LogP contribution is 2.20. The topological polar surface area (TPSA) is 123 Å². The second kappa shape index (κ2) is 20.1. The molecular weight excluding hydrogens is 564 g/mol. The molecule has 4 aromatic rings. The summed E-state index contributed by atoms with van der Waals surface area (Å²) in [5.41, 5.74) is 4.50. The number of phenolic OH excluding ortho intramolecular Hbond substituents is 1. The lowest BCUT2D eigenvalue weighted by Gasteiger charge is -2.23. The summed E-state index contributed by atoms with van der Waals surface area (Å²) in [5.74, 6) is -0.647. The monoisotopic (exact) mass is 604 g/mol. The van der Waals surface area contributed by atoms with Crippen LogP contribution in [0.5, 0.6) is 5.75 Å². The second-order valence-corrected chi connectivity index (χ2v) is 10.3. The maximum absolute atomic E-state index is 10.6. The number of carbonyl (C=O) groups is 1. The lowest BCUT2D eigenvalue weighted by molar-refractivity contribution is -0.136. The zero-order valence-corrected chi connectivity index (χ0v) is 25.1. The third-order valence-electron chi connectivity index (χ3n) is 6.40. The number of hydrogen-bond donors (Lipinski definition) is 5. The van der Waals surface area contributed by atoms with Crippen molar-refractivity contribution in [3.05, 3.63) is 125 Å². The fourth-order valence-electron chi connectivity index (χ4n) is 4.08. The first-order chi connectivity index (χ1) is 21.0. The zero-order valence-electron chi connectivity index (χ0n) is 24.3. The number of phenols is 1. The largest absolute Gasteiger partial charge is 0.506 e. The van der Waals surface area contributed by atoms with Crippen molar-refractivity contribution in [1.82, 2.24) is 30.8 Å². The SMILES string of the molecule is O=C(O)CCNCc1ccc(CN(CCNCc2ccccn2)CCNCc2ccccn2)cc1.Oc1ccccc1Cl. The Balaban J connectivity index is 0.000000546. The number of rotatable bonds is 17. The van der Waals surface area contributed by atoms with Gasteiger partial charge in [-0.15, -0.1) is 0 Å². The van der Waals surface area contributed by atoms with Crippen LogP contribution in [-0.2, 0) is 31.0 Å². The summed E-state index contributed by atoms with van der Waals surface area (Å²) >= 11 is 5.46. The molecule has 0 bridgehead atoms. The van der Waals surface area contributed by atoms with E-state index in [1.807, 2.05) is 48.8 Å². The minimum atomic E-state index is -0.781. The Morgan fingerprint density at radius 1 is 0.698 bits per heavy atom. The normalized spacial score (nSPS) is 10.7. The Morgan fingerprint density at radius 3 is 1.72 bits per heavy atom. The zero-order chi connectivity index (χ0) is 30.5. The number of benzene rings is 2. The van der Waals surface area contributed by atoms with Gasteiger partial charge in [0.25, 0.3) is 0 Å². The van der Waals surface area contributed by atoms with Gasteiger partial charge < -0.3 is 26.2 Å². The number of halogens is 1. The first-order valence-electron chi connectivity index (χ1n) is 14.4. The summed E-state index contributed by atoms with van der Waals surface area (Å²) in [6.07, 6.45) is 3.78. The molecule has 0 amide bonds. The molecule has 4 rings (SSSR count). The van der Waals surface area contributed by atoms with Crippen molar-refractivity contribution in [1.29, 1.82) is 0 Å². The molecule has 9 nitrogen and oxygen atoms in total. The van der Waals surface area contributed by atoms with Crippen LogP contribution in [0, 0.1) is 0 Å². The first kappa shape index (κ1) is 33.6. The van der Waals surface area contributed by atoms with Gasteiger partial charge in [0, 0.05) is 71.3 Å². The van der Waals surface area contributed by atoms with Crippen LogP contribution in [-0.4, -0.2) is 63.8 Å². The molecule has 0 saturated carbocycles. The van der Waals surface area contributed by atoms with Gasteiger partial charge in [-0.3, -0.25) is 19.7 Å². The Labute approximate surface area is 259 Å². The van der Waals surface area contributed by atoms with E-state index in [9.17, 15) is 4.79 Å². The van der Waals surface area contributed by atoms with E-state index in [0.717, 1.165) is 62.8 Å². The maximum Gasteiger partial charge on any atom is 0.304 e. The van der Waals surface area contributed by atoms with Crippen LogP contribution < -0.4 is 16.0 Å². The average Bonchev–Trinajstić information content (AvgIpc) is 3.03. The maximum atomic E-state index is 10.6. The van der Waals surface area contributed by atoms with Gasteiger partial charge >= 0.3 is 5.97 Å². The fraction of sp³-hybridized carbons (Fsp3) is 0.303. The lowest BCUT2D eigenvalue weighted by Crippen LogP contribution is -2.36. The summed E-state index contributed by atoms with van der Waals surface area (Å²) in [4.78, 5) is 21.8. The molecule has 2 heterocycles. The summed E-state index contributed by atoms with van der Waals surface area (Å²) < 4.78 is 0. The van der Waals surface area contributed by atoms with E-state index in [2.05, 4.69) is 55.1 Å². The molecule has 0 atom stereocenters. The van der Waals surface area contributed by atoms with Crippen LogP contribution >= 0.6 is 11.6 Å². The molecular formula is C33H41ClN6O3. The smallest absolute Gasteiger partial charge is 0.304 e. The molecule has 0 saturated heterocycles. The van der Waals surface area contributed by atoms with E-state index >= 15 is 0 Å². The molecule has 2 aromatic carbocycles. The minimum Gasteiger partial charge on any atom is -0.506 e. The number of carboxylic acid groups (broad SMARTS) is 1. The number of hydrogen-bond acceptors (Lipinski definition) is 8. The van der Waals surface area contributed by atoms with Crippen molar-refractivity contribution in [2.24, 2.45) is 0 Å². The van der Waals surface area contributed by atoms with Crippen molar-refractivity contribution >= 4 is 17.6 Å². The number of aromatic hydroxyl groups is 1. The Kier molecular flexibility index (Phi) is 15.7. The number of aromatic nitrogens is 2. The van der Waals surface area contributed by atoms with Crippen molar-refractivity contribution in [2.45, 2.75) is 32.6 Å². The molecule has 0 spiro atoms. The summed E-state index contributed by atoms with van der Waals surface area (Å²) in [5, 5.41) is 28.1. The van der Waals surface area contributed by atoms with Crippen LogP contribution in [0.4, 0.5) is 0 Å². The quantitative estimate of drug-likeness (QED) is 0.111. The fourth-order valence-corrected chi connectivity index (χ4v) is 4.22. The average molecular weight is 605 g/mol. The Bertz CT molecular complexity index is 1240. The highest BCUT2D eigenvalue weighted by atomic mass is 35.5. The second-order valence-electron chi connectivity index (χ2n) is 9.86. The van der Waals surface area contributed by atoms with Crippen molar-refractivity contribution < 1.29 is 15.0 Å². The van der Waals surface area contributed by atoms with E-state index in [1.165, 1.54) is 5.56 Å². The van der Waals surface area contributed by atoms with Crippen molar-refractivity contribution in [3.63, 3.8) is 0 Å². The number of nitrogens with one attached hydrogen (secondary N) is 3. The van der Waals surface area contributed by atoms with Gasteiger partial charge in [-0.25, -0.2) is 0 Å². The standard InChI is InChI=1S/C27H36N6O2.C6H5ClO/c34-27(35)11-14-28-19-23-7-9-24(10-8-23)22-33(17-15-29-20-25-5-1-3-12-31-25)18-16-30-21-26-6-2-4-13-32-26;7-5-3-1-2-4-6(5)8/h1-10,12-13,28-30H,11,14-22H2,(H,34,35);1-4,8H. The Morgan fingerprint density at radius 2 is 1.23 bits per heavy atom. The number of pyridine rings is 2. The van der Waals surface area contributed by atoms with E-state index < -0.39 is 5.97 Å². The van der Waals surface area contributed by atoms with Crippen molar-refractivity contribution in [3.8, 4) is 5.75 Å². The molecule has 0 unspecified atom stereocenters. The van der Waals surface area contributed by atoms with Crippen LogP contribution in [0.3, 0.4) is 0 Å². The number of carboxylic acids is 1. The van der Waals surface area contributed by atoms with Crippen LogP contribution in [0.25, 0.3) is 0 Å². The highest BCUT2D eigenvalue weighted by molar-refractivity contribution is 6.31. The van der Waals surface area contributed by atoms with E-state index in [4.69, 9.17) is 21.8 Å². The van der Waals surface area contributed by atoms with Crippen LogP contribution in [0.1, 0.15) is 28.9 Å². The third kappa shape index (κ3) is 14.7. The molecule has 10 heteroatoms. The van der Waals surface area contributed by atoms with Gasteiger partial charge in [-0.2, -0.15) is 0 Å². The molecule has 2 aromatic heterocycles. The molecule has 0 radical (unpaired) electrons. The van der Waals surface area contributed by atoms with Crippen molar-refractivity contribution in [2.75, 3.05) is 32.7 Å². The molecule has 0 aliphatic carbocycles. The number of para-hydroxylation sites is 1. The predicted octanol–water partition coefficient (Wildman–Crippen LogP) is 4.47. The summed E-state index contributed by atoms with van der Waals surface area (Å²) in [6.45, 7) is 7.14.